The SMILES string of the molecule is COC(=O)C1=C(C(=O)OC)SC(=C2C(=S)C(C)(C)N(C(=O)c3cccc(OC)c3)c3ccc(Cl)cc32)S1. The van der Waals surface area contributed by atoms with Crippen LogP contribution in [0, 0.1) is 0 Å². The standard InChI is InChI=1S/C26H22ClNO6S3/c1-26(2)21(35)18(25-36-19(23(30)33-4)20(37-25)24(31)34-5)16-12-14(27)9-10-17(16)28(26)22(29)13-7-6-8-15(11-13)32-3/h6-12H,1-5H3. The molecule has 0 aliphatic carbocycles. The van der Waals surface area contributed by atoms with E-state index in [2.05, 4.69) is 0 Å². The van der Waals surface area contributed by atoms with Crippen molar-refractivity contribution in [2.75, 3.05) is 26.2 Å². The number of thioether (sulfide) groups is 2. The number of fused-ring (bicyclic) bond motifs is 1. The number of hydrogen-bond donors (Lipinski definition) is 0. The van der Waals surface area contributed by atoms with Crippen molar-refractivity contribution in [1.29, 1.82) is 0 Å². The van der Waals surface area contributed by atoms with Gasteiger partial charge in [0.2, 0.25) is 0 Å². The third kappa shape index (κ3) is 4.79. The van der Waals surface area contributed by atoms with E-state index in [1.807, 2.05) is 13.8 Å². The number of halogens is 1. The fourth-order valence-corrected chi connectivity index (χ4v) is 7.25. The lowest BCUT2D eigenvalue weighted by atomic mass is 9.83. The molecule has 7 nitrogen and oxygen atoms in total. The number of carbonyl (C=O) groups is 3. The zero-order valence-corrected chi connectivity index (χ0v) is 23.7. The minimum Gasteiger partial charge on any atom is -0.497 e. The Labute approximate surface area is 233 Å². The lowest BCUT2D eigenvalue weighted by Crippen LogP contribution is -2.56. The van der Waals surface area contributed by atoms with Gasteiger partial charge in [-0.05, 0) is 50.2 Å². The first-order chi connectivity index (χ1) is 17.5. The Morgan fingerprint density at radius 2 is 1.57 bits per heavy atom. The van der Waals surface area contributed by atoms with Crippen LogP contribution in [0.15, 0.2) is 56.5 Å². The highest BCUT2D eigenvalue weighted by Crippen LogP contribution is 2.56. The van der Waals surface area contributed by atoms with Crippen molar-refractivity contribution in [1.82, 2.24) is 0 Å². The van der Waals surface area contributed by atoms with Crippen LogP contribution in [0.3, 0.4) is 0 Å². The Balaban J connectivity index is 1.91. The molecular weight excluding hydrogens is 554 g/mol. The van der Waals surface area contributed by atoms with E-state index in [1.165, 1.54) is 21.3 Å². The monoisotopic (exact) mass is 575 g/mol. The Morgan fingerprint density at radius 1 is 0.946 bits per heavy atom. The Bertz CT molecular complexity index is 1380. The number of carbonyl (C=O) groups excluding carboxylic acids is 3. The molecule has 2 aromatic rings. The van der Waals surface area contributed by atoms with Gasteiger partial charge in [0.1, 0.15) is 15.6 Å². The molecule has 2 aliphatic heterocycles. The molecule has 1 amide bonds. The maximum Gasteiger partial charge on any atom is 0.346 e. The highest BCUT2D eigenvalue weighted by atomic mass is 35.5. The second kappa shape index (κ2) is 10.5. The van der Waals surface area contributed by atoms with Gasteiger partial charge >= 0.3 is 11.9 Å². The molecule has 4 rings (SSSR count). The summed E-state index contributed by atoms with van der Waals surface area (Å²) in [6.07, 6.45) is 0. The number of esters is 2. The molecule has 2 heterocycles. The highest BCUT2D eigenvalue weighted by Gasteiger charge is 2.46. The number of nitrogens with zero attached hydrogens (tertiary/aromatic N) is 1. The maximum atomic E-state index is 13.9. The first-order valence-corrected chi connectivity index (χ1v) is 13.3. The average Bonchev–Trinajstić information content (AvgIpc) is 3.33. The van der Waals surface area contributed by atoms with Gasteiger partial charge in [0, 0.05) is 21.7 Å². The topological polar surface area (TPSA) is 82.1 Å². The van der Waals surface area contributed by atoms with Crippen LogP contribution in [-0.4, -0.2) is 49.6 Å². The minimum absolute atomic E-state index is 0.112. The van der Waals surface area contributed by atoms with Gasteiger partial charge in [-0.25, -0.2) is 9.59 Å². The van der Waals surface area contributed by atoms with Crippen LogP contribution in [-0.2, 0) is 19.1 Å². The maximum absolute atomic E-state index is 13.9. The van der Waals surface area contributed by atoms with E-state index in [9.17, 15) is 14.4 Å². The number of benzene rings is 2. The van der Waals surface area contributed by atoms with Crippen molar-refractivity contribution in [2.45, 2.75) is 19.4 Å². The molecule has 0 bridgehead atoms. The third-order valence-corrected chi connectivity index (χ3v) is 9.37. The molecule has 0 radical (unpaired) electrons. The molecule has 192 valence electrons. The molecule has 2 aliphatic rings. The van der Waals surface area contributed by atoms with Crippen molar-refractivity contribution >= 4 is 81.3 Å². The predicted molar refractivity (Wildman–Crippen MR) is 151 cm³/mol. The quantitative estimate of drug-likeness (QED) is 0.253. The molecule has 0 saturated carbocycles. The molecule has 0 saturated heterocycles. The van der Waals surface area contributed by atoms with Crippen molar-refractivity contribution in [3.8, 4) is 5.75 Å². The minimum atomic E-state index is -0.959. The van der Waals surface area contributed by atoms with Crippen molar-refractivity contribution in [3.05, 3.63) is 72.7 Å². The summed E-state index contributed by atoms with van der Waals surface area (Å²) in [6, 6.07) is 12.1. The fourth-order valence-electron chi connectivity index (χ4n) is 4.04. The third-order valence-electron chi connectivity index (χ3n) is 5.87. The summed E-state index contributed by atoms with van der Waals surface area (Å²) in [5.41, 5.74) is 1.28. The van der Waals surface area contributed by atoms with Gasteiger partial charge < -0.3 is 14.2 Å². The highest BCUT2D eigenvalue weighted by molar-refractivity contribution is 8.29. The second-order valence-corrected chi connectivity index (χ2v) is 11.6. The Kier molecular flexibility index (Phi) is 7.75. The van der Waals surface area contributed by atoms with Crippen LogP contribution >= 0.6 is 47.3 Å². The number of anilines is 1. The molecule has 0 N–H and O–H groups in total. The number of ether oxygens (including phenoxy) is 3. The molecule has 0 atom stereocenters. The normalized spacial score (nSPS) is 16.5. The number of hydrogen-bond acceptors (Lipinski definition) is 9. The molecule has 0 aromatic heterocycles. The summed E-state index contributed by atoms with van der Waals surface area (Å²) in [5.74, 6) is -1.03. The van der Waals surface area contributed by atoms with E-state index in [0.717, 1.165) is 23.5 Å². The van der Waals surface area contributed by atoms with Gasteiger partial charge in [-0.1, -0.05) is 53.4 Å². The van der Waals surface area contributed by atoms with Crippen LogP contribution in [0.2, 0.25) is 5.02 Å². The summed E-state index contributed by atoms with van der Waals surface area (Å²) in [4.78, 5) is 41.1. The Morgan fingerprint density at radius 3 is 2.14 bits per heavy atom. The van der Waals surface area contributed by atoms with Crippen LogP contribution in [0.4, 0.5) is 5.69 Å². The summed E-state index contributed by atoms with van der Waals surface area (Å²) < 4.78 is 15.7. The summed E-state index contributed by atoms with van der Waals surface area (Å²) in [5, 5.41) is 0.440. The number of thiocarbonyl (C=S) groups is 1. The van der Waals surface area contributed by atoms with E-state index >= 15 is 0 Å². The summed E-state index contributed by atoms with van der Waals surface area (Å²) in [7, 11) is 4.02. The van der Waals surface area contributed by atoms with Crippen molar-refractivity contribution in [3.63, 3.8) is 0 Å². The van der Waals surface area contributed by atoms with Gasteiger partial charge in [-0.2, -0.15) is 0 Å². The van der Waals surface area contributed by atoms with E-state index in [1.54, 1.807) is 47.4 Å². The van der Waals surface area contributed by atoms with Gasteiger partial charge in [0.05, 0.1) is 41.7 Å². The van der Waals surface area contributed by atoms with Crippen molar-refractivity contribution in [2.24, 2.45) is 0 Å². The van der Waals surface area contributed by atoms with Gasteiger partial charge in [-0.3, -0.25) is 9.69 Å². The second-order valence-electron chi connectivity index (χ2n) is 8.43. The first-order valence-electron chi connectivity index (χ1n) is 10.9. The van der Waals surface area contributed by atoms with E-state index in [0.29, 0.717) is 42.3 Å². The van der Waals surface area contributed by atoms with Gasteiger partial charge in [0.15, 0.2) is 0 Å². The molecule has 0 spiro atoms. The zero-order valence-electron chi connectivity index (χ0n) is 20.5. The lowest BCUT2D eigenvalue weighted by Gasteiger charge is -2.45. The molecule has 37 heavy (non-hydrogen) atoms. The first kappa shape index (κ1) is 27.3. The van der Waals surface area contributed by atoms with Crippen LogP contribution in [0.5, 0.6) is 5.75 Å². The average molecular weight is 576 g/mol. The summed E-state index contributed by atoms with van der Waals surface area (Å²) >= 11 is 14.5. The summed E-state index contributed by atoms with van der Waals surface area (Å²) in [6.45, 7) is 3.71. The van der Waals surface area contributed by atoms with Crippen LogP contribution < -0.4 is 9.64 Å². The van der Waals surface area contributed by atoms with Crippen LogP contribution in [0.25, 0.3) is 5.57 Å². The number of methoxy groups -OCH3 is 3. The van der Waals surface area contributed by atoms with E-state index in [4.69, 9.17) is 38.0 Å². The number of amides is 1. The zero-order chi connectivity index (χ0) is 27.1. The smallest absolute Gasteiger partial charge is 0.346 e. The molecule has 0 fully saturated rings. The van der Waals surface area contributed by atoms with Crippen molar-refractivity contribution < 1.29 is 28.6 Å². The van der Waals surface area contributed by atoms with E-state index in [-0.39, 0.29) is 15.7 Å². The molecule has 11 heteroatoms. The largest absolute Gasteiger partial charge is 0.497 e. The van der Waals surface area contributed by atoms with Gasteiger partial charge in [-0.15, -0.1) is 0 Å². The number of rotatable bonds is 4. The van der Waals surface area contributed by atoms with Crippen LogP contribution in [0.1, 0.15) is 29.8 Å². The lowest BCUT2D eigenvalue weighted by molar-refractivity contribution is -0.138. The Hall–Kier alpha value is -2.79. The fraction of sp³-hybridized carbons (Fsp3) is 0.231. The van der Waals surface area contributed by atoms with E-state index < -0.39 is 17.5 Å². The molecular formula is C26H22ClNO6S3. The predicted octanol–water partition coefficient (Wildman–Crippen LogP) is 5.86. The molecule has 2 aromatic carbocycles. The van der Waals surface area contributed by atoms with Gasteiger partial charge in [0.25, 0.3) is 5.91 Å². The molecule has 0 unspecified atom stereocenters.